The predicted molar refractivity (Wildman–Crippen MR) is 80.1 cm³/mol. The zero-order chi connectivity index (χ0) is 14.8. The Balaban J connectivity index is 2.32. The number of hydrogen-bond donors (Lipinski definition) is 1. The van der Waals surface area contributed by atoms with Crippen LogP contribution in [0.25, 0.3) is 0 Å². The van der Waals surface area contributed by atoms with E-state index in [0.717, 1.165) is 30.4 Å². The van der Waals surface area contributed by atoms with Crippen LogP contribution in [0.1, 0.15) is 56.7 Å². The van der Waals surface area contributed by atoms with Crippen LogP contribution in [0.2, 0.25) is 0 Å². The molecule has 3 heteroatoms. The van der Waals surface area contributed by atoms with Crippen LogP contribution < -0.4 is 5.73 Å². The maximum atomic E-state index is 13.6. The second-order valence-corrected chi connectivity index (χ2v) is 6.24. The van der Waals surface area contributed by atoms with Gasteiger partial charge in [-0.05, 0) is 55.9 Å². The zero-order valence-electron chi connectivity index (χ0n) is 12.8. The average molecular weight is 279 g/mol. The second-order valence-electron chi connectivity index (χ2n) is 6.24. The van der Waals surface area contributed by atoms with Gasteiger partial charge in [-0.2, -0.15) is 0 Å². The summed E-state index contributed by atoms with van der Waals surface area (Å²) in [5, 5.41) is 0. The van der Waals surface area contributed by atoms with Gasteiger partial charge in [-0.15, -0.1) is 0 Å². The quantitative estimate of drug-likeness (QED) is 0.899. The third-order valence-electron chi connectivity index (χ3n) is 4.41. The third-order valence-corrected chi connectivity index (χ3v) is 4.41. The van der Waals surface area contributed by atoms with Crippen LogP contribution in [-0.4, -0.2) is 12.2 Å². The van der Waals surface area contributed by atoms with Crippen molar-refractivity contribution in [2.24, 2.45) is 11.7 Å². The molecule has 0 amide bonds. The van der Waals surface area contributed by atoms with E-state index in [1.54, 1.807) is 6.07 Å². The summed E-state index contributed by atoms with van der Waals surface area (Å²) in [5.41, 5.74) is 7.92. The number of hydrogen-bond acceptors (Lipinski definition) is 2. The van der Waals surface area contributed by atoms with E-state index in [1.807, 2.05) is 19.9 Å². The van der Waals surface area contributed by atoms with Gasteiger partial charge >= 0.3 is 0 Å². The molecule has 0 bridgehead atoms. The van der Waals surface area contributed by atoms with E-state index in [0.29, 0.717) is 12.5 Å². The fraction of sp³-hybridized carbons (Fsp3) is 0.647. The Morgan fingerprint density at radius 2 is 2.20 bits per heavy atom. The number of benzene rings is 1. The van der Waals surface area contributed by atoms with Crippen molar-refractivity contribution in [1.29, 1.82) is 0 Å². The summed E-state index contributed by atoms with van der Waals surface area (Å²) in [7, 11) is 0. The first-order chi connectivity index (χ1) is 9.47. The van der Waals surface area contributed by atoms with Crippen LogP contribution in [0.15, 0.2) is 18.2 Å². The molecule has 3 unspecified atom stereocenters. The van der Waals surface area contributed by atoms with E-state index < -0.39 is 0 Å². The van der Waals surface area contributed by atoms with Crippen LogP contribution in [0, 0.1) is 18.7 Å². The Bertz CT molecular complexity index is 438. The molecule has 0 aromatic heterocycles. The summed E-state index contributed by atoms with van der Waals surface area (Å²) in [6, 6.07) is 4.80. The van der Waals surface area contributed by atoms with Gasteiger partial charge in [0.1, 0.15) is 5.82 Å². The first kappa shape index (κ1) is 15.5. The minimum atomic E-state index is -0.341. The van der Waals surface area contributed by atoms with Gasteiger partial charge < -0.3 is 10.5 Å². The van der Waals surface area contributed by atoms with Crippen LogP contribution in [0.5, 0.6) is 0 Å². The molecule has 1 saturated carbocycles. The van der Waals surface area contributed by atoms with E-state index in [2.05, 4.69) is 6.92 Å². The summed E-state index contributed by atoms with van der Waals surface area (Å²) >= 11 is 0. The Labute approximate surface area is 121 Å². The maximum absolute atomic E-state index is 13.6. The topological polar surface area (TPSA) is 35.2 Å². The lowest BCUT2D eigenvalue weighted by Gasteiger charge is -2.44. The average Bonchev–Trinajstić information content (AvgIpc) is 2.37. The number of ether oxygens (including phenoxy) is 1. The van der Waals surface area contributed by atoms with E-state index in [4.69, 9.17) is 10.5 Å². The van der Waals surface area contributed by atoms with Gasteiger partial charge in [0.25, 0.3) is 0 Å². The molecule has 0 radical (unpaired) electrons. The highest BCUT2D eigenvalue weighted by Crippen LogP contribution is 2.42. The van der Waals surface area contributed by atoms with Gasteiger partial charge in [0, 0.05) is 6.61 Å². The Morgan fingerprint density at radius 3 is 2.80 bits per heavy atom. The molecule has 2 N–H and O–H groups in total. The molecular formula is C17H26FNO. The minimum absolute atomic E-state index is 0.217. The molecular weight excluding hydrogens is 253 g/mol. The summed E-state index contributed by atoms with van der Waals surface area (Å²) in [6.07, 6.45) is 4.27. The molecule has 0 aliphatic heterocycles. The fourth-order valence-corrected chi connectivity index (χ4v) is 3.58. The van der Waals surface area contributed by atoms with Crippen LogP contribution in [0.3, 0.4) is 0 Å². The van der Waals surface area contributed by atoms with E-state index in [9.17, 15) is 4.39 Å². The Kier molecular flexibility index (Phi) is 4.82. The zero-order valence-corrected chi connectivity index (χ0v) is 12.8. The lowest BCUT2D eigenvalue weighted by molar-refractivity contribution is -0.0938. The molecule has 112 valence electrons. The van der Waals surface area contributed by atoms with E-state index in [1.165, 1.54) is 12.5 Å². The van der Waals surface area contributed by atoms with E-state index >= 15 is 0 Å². The van der Waals surface area contributed by atoms with Gasteiger partial charge in [0.15, 0.2) is 0 Å². The van der Waals surface area contributed by atoms with Crippen molar-refractivity contribution in [2.45, 2.75) is 58.1 Å². The standard InChI is InChI=1S/C17H26FNO/c1-4-20-17(7-5-6-12(2)11-17)16(19)14-8-13(3)9-15(18)10-14/h8-10,12,16H,4-7,11,19H2,1-3H3. The number of rotatable bonds is 4. The Hall–Kier alpha value is -0.930. The predicted octanol–water partition coefficient (Wildman–Crippen LogP) is 4.12. The molecule has 3 atom stereocenters. The van der Waals surface area contributed by atoms with Crippen molar-refractivity contribution in [3.05, 3.63) is 35.1 Å². The summed E-state index contributed by atoms with van der Waals surface area (Å²) in [5.74, 6) is 0.391. The number of aryl methyl sites for hydroxylation is 1. The van der Waals surface area contributed by atoms with Crippen LogP contribution >= 0.6 is 0 Å². The molecule has 1 aliphatic carbocycles. The monoisotopic (exact) mass is 279 g/mol. The highest BCUT2D eigenvalue weighted by molar-refractivity contribution is 5.28. The van der Waals surface area contributed by atoms with Gasteiger partial charge in [0.05, 0.1) is 11.6 Å². The maximum Gasteiger partial charge on any atom is 0.123 e. The van der Waals surface area contributed by atoms with Crippen molar-refractivity contribution in [1.82, 2.24) is 0 Å². The lowest BCUT2D eigenvalue weighted by atomic mass is 9.73. The minimum Gasteiger partial charge on any atom is -0.373 e. The molecule has 20 heavy (non-hydrogen) atoms. The van der Waals surface area contributed by atoms with Crippen LogP contribution in [-0.2, 0) is 4.74 Å². The first-order valence-corrected chi connectivity index (χ1v) is 7.63. The molecule has 2 nitrogen and oxygen atoms in total. The summed E-state index contributed by atoms with van der Waals surface area (Å²) in [4.78, 5) is 0. The molecule has 1 aromatic rings. The second kappa shape index (κ2) is 6.23. The molecule has 1 aromatic carbocycles. The number of halogens is 1. The molecule has 0 spiro atoms. The smallest absolute Gasteiger partial charge is 0.123 e. The van der Waals surface area contributed by atoms with Crippen molar-refractivity contribution in [2.75, 3.05) is 6.61 Å². The van der Waals surface area contributed by atoms with Gasteiger partial charge in [-0.3, -0.25) is 0 Å². The largest absolute Gasteiger partial charge is 0.373 e. The van der Waals surface area contributed by atoms with Crippen molar-refractivity contribution in [3.8, 4) is 0 Å². The van der Waals surface area contributed by atoms with Crippen LogP contribution in [0.4, 0.5) is 4.39 Å². The fourth-order valence-electron chi connectivity index (χ4n) is 3.58. The van der Waals surface area contributed by atoms with Gasteiger partial charge in [-0.1, -0.05) is 25.8 Å². The molecule has 1 fully saturated rings. The molecule has 1 aliphatic rings. The third kappa shape index (κ3) is 3.21. The first-order valence-electron chi connectivity index (χ1n) is 7.63. The lowest BCUT2D eigenvalue weighted by Crippen LogP contribution is -2.47. The van der Waals surface area contributed by atoms with Crippen molar-refractivity contribution in [3.63, 3.8) is 0 Å². The van der Waals surface area contributed by atoms with E-state index in [-0.39, 0.29) is 17.5 Å². The SMILES string of the molecule is CCOC1(C(N)c2cc(C)cc(F)c2)CCCC(C)C1. The summed E-state index contributed by atoms with van der Waals surface area (Å²) in [6.45, 7) is 6.80. The highest BCUT2D eigenvalue weighted by atomic mass is 19.1. The molecule has 0 heterocycles. The van der Waals surface area contributed by atoms with Crippen molar-refractivity contribution >= 4 is 0 Å². The normalized spacial score (nSPS) is 28.4. The summed E-state index contributed by atoms with van der Waals surface area (Å²) < 4.78 is 19.7. The highest BCUT2D eigenvalue weighted by Gasteiger charge is 2.41. The molecule has 2 rings (SSSR count). The number of nitrogens with two attached hydrogens (primary N) is 1. The van der Waals surface area contributed by atoms with Gasteiger partial charge in [0.2, 0.25) is 0 Å². The van der Waals surface area contributed by atoms with Crippen molar-refractivity contribution < 1.29 is 9.13 Å². The molecule has 0 saturated heterocycles. The van der Waals surface area contributed by atoms with Gasteiger partial charge in [-0.25, -0.2) is 4.39 Å². The Morgan fingerprint density at radius 1 is 1.45 bits per heavy atom.